The van der Waals surface area contributed by atoms with Crippen molar-refractivity contribution in [3.8, 4) is 11.5 Å². The van der Waals surface area contributed by atoms with Gasteiger partial charge in [-0.25, -0.2) is 0 Å². The second kappa shape index (κ2) is 9.70. The van der Waals surface area contributed by atoms with Crippen molar-refractivity contribution in [2.75, 3.05) is 26.4 Å². The smallest absolute Gasteiger partial charge is 0.326 e. The standard InChI is InChI=1S/C21H20N2O8/c1-2-10-29-14-6-8-15(9-7-14)30-11-12-31-18(24)13-22-20(25)16-4-3-5-17(23(27)28)19(16)21(22)26/h3-9H,2,10-13H2,1H3. The van der Waals surface area contributed by atoms with Crippen LogP contribution in [-0.2, 0) is 9.53 Å². The highest BCUT2D eigenvalue weighted by molar-refractivity contribution is 6.24. The van der Waals surface area contributed by atoms with Crippen LogP contribution >= 0.6 is 0 Å². The lowest BCUT2D eigenvalue weighted by atomic mass is 10.1. The summed E-state index contributed by atoms with van der Waals surface area (Å²) < 4.78 is 15.9. The SMILES string of the molecule is CCCOc1ccc(OCCOC(=O)CN2C(=O)c3cccc([N+](=O)[O-])c3C2=O)cc1. The number of hydrogen-bond donors (Lipinski definition) is 0. The molecular formula is C21H20N2O8. The van der Waals surface area contributed by atoms with Crippen molar-refractivity contribution in [2.45, 2.75) is 13.3 Å². The zero-order valence-electron chi connectivity index (χ0n) is 16.7. The quantitative estimate of drug-likeness (QED) is 0.186. The van der Waals surface area contributed by atoms with E-state index >= 15 is 0 Å². The van der Waals surface area contributed by atoms with E-state index in [0.717, 1.165) is 18.2 Å². The van der Waals surface area contributed by atoms with Crippen molar-refractivity contribution in [3.63, 3.8) is 0 Å². The molecule has 0 aromatic heterocycles. The maximum atomic E-state index is 12.4. The number of ether oxygens (including phenoxy) is 3. The van der Waals surface area contributed by atoms with E-state index in [1.54, 1.807) is 24.3 Å². The summed E-state index contributed by atoms with van der Waals surface area (Å²) in [5, 5.41) is 11.1. The number of imide groups is 1. The van der Waals surface area contributed by atoms with E-state index in [2.05, 4.69) is 0 Å². The number of nitro benzene ring substituents is 1. The summed E-state index contributed by atoms with van der Waals surface area (Å²) in [6.07, 6.45) is 0.904. The number of carbonyl (C=O) groups excluding carboxylic acids is 3. The fourth-order valence-electron chi connectivity index (χ4n) is 2.95. The van der Waals surface area contributed by atoms with Crippen LogP contribution in [0.3, 0.4) is 0 Å². The summed E-state index contributed by atoms with van der Waals surface area (Å²) in [5.41, 5.74) is -0.909. The number of nitrogens with zero attached hydrogens (tertiary/aromatic N) is 2. The van der Waals surface area contributed by atoms with Crippen molar-refractivity contribution in [3.05, 3.63) is 63.7 Å². The molecule has 0 saturated carbocycles. The highest BCUT2D eigenvalue weighted by Gasteiger charge is 2.41. The largest absolute Gasteiger partial charge is 0.494 e. The number of esters is 1. The molecule has 1 aliphatic heterocycles. The molecule has 2 aromatic rings. The highest BCUT2D eigenvalue weighted by atomic mass is 16.6. The van der Waals surface area contributed by atoms with Crippen LogP contribution in [0.4, 0.5) is 5.69 Å². The molecule has 31 heavy (non-hydrogen) atoms. The van der Waals surface area contributed by atoms with Gasteiger partial charge >= 0.3 is 5.97 Å². The number of fused-ring (bicyclic) bond motifs is 1. The molecule has 0 fully saturated rings. The van der Waals surface area contributed by atoms with Gasteiger partial charge in [-0.3, -0.25) is 29.4 Å². The predicted octanol–water partition coefficient (Wildman–Crippen LogP) is 2.60. The fourth-order valence-corrected chi connectivity index (χ4v) is 2.95. The molecule has 0 N–H and O–H groups in total. The maximum Gasteiger partial charge on any atom is 0.326 e. The van der Waals surface area contributed by atoms with E-state index in [4.69, 9.17) is 14.2 Å². The van der Waals surface area contributed by atoms with Gasteiger partial charge in [-0.05, 0) is 36.8 Å². The summed E-state index contributed by atoms with van der Waals surface area (Å²) in [7, 11) is 0. The average molecular weight is 428 g/mol. The zero-order chi connectivity index (χ0) is 22.4. The molecule has 2 amide bonds. The number of rotatable bonds is 10. The van der Waals surface area contributed by atoms with Gasteiger partial charge in [0.1, 0.15) is 36.8 Å². The molecule has 0 atom stereocenters. The molecule has 0 aliphatic carbocycles. The lowest BCUT2D eigenvalue weighted by molar-refractivity contribution is -0.385. The van der Waals surface area contributed by atoms with Gasteiger partial charge in [-0.2, -0.15) is 0 Å². The van der Waals surface area contributed by atoms with Crippen LogP contribution in [0.15, 0.2) is 42.5 Å². The molecular weight excluding hydrogens is 408 g/mol. The molecule has 1 heterocycles. The summed E-state index contributed by atoms with van der Waals surface area (Å²) >= 11 is 0. The average Bonchev–Trinajstić information content (AvgIpc) is 3.01. The van der Waals surface area contributed by atoms with Crippen LogP contribution in [0.25, 0.3) is 0 Å². The Hall–Kier alpha value is -3.95. The minimum atomic E-state index is -0.897. The second-order valence-electron chi connectivity index (χ2n) is 6.54. The Labute approximate surface area is 177 Å². The maximum absolute atomic E-state index is 12.4. The Morgan fingerprint density at radius 3 is 2.23 bits per heavy atom. The van der Waals surface area contributed by atoms with Gasteiger partial charge in [0.2, 0.25) is 0 Å². The minimum absolute atomic E-state index is 0.0640. The molecule has 0 saturated heterocycles. The Morgan fingerprint density at radius 1 is 0.968 bits per heavy atom. The lowest BCUT2D eigenvalue weighted by Gasteiger charge is -2.13. The van der Waals surface area contributed by atoms with E-state index in [-0.39, 0.29) is 24.3 Å². The normalized spacial score (nSPS) is 12.5. The summed E-state index contributed by atoms with van der Waals surface area (Å²) in [4.78, 5) is 47.8. The van der Waals surface area contributed by atoms with Crippen LogP contribution < -0.4 is 9.47 Å². The fraction of sp³-hybridized carbons (Fsp3) is 0.286. The van der Waals surface area contributed by atoms with Gasteiger partial charge in [-0.1, -0.05) is 13.0 Å². The first-order chi connectivity index (χ1) is 14.9. The van der Waals surface area contributed by atoms with Crippen molar-refractivity contribution in [1.82, 2.24) is 4.90 Å². The van der Waals surface area contributed by atoms with Crippen molar-refractivity contribution >= 4 is 23.5 Å². The number of carbonyl (C=O) groups is 3. The predicted molar refractivity (Wildman–Crippen MR) is 107 cm³/mol. The topological polar surface area (TPSA) is 125 Å². The Bertz CT molecular complexity index is 1000. The molecule has 0 radical (unpaired) electrons. The summed E-state index contributed by atoms with van der Waals surface area (Å²) in [5.74, 6) is -1.22. The van der Waals surface area contributed by atoms with Crippen LogP contribution in [0.5, 0.6) is 11.5 Å². The number of benzene rings is 2. The minimum Gasteiger partial charge on any atom is -0.494 e. The lowest BCUT2D eigenvalue weighted by Crippen LogP contribution is -2.36. The van der Waals surface area contributed by atoms with Crippen LogP contribution in [0, 0.1) is 10.1 Å². The van der Waals surface area contributed by atoms with E-state index in [9.17, 15) is 24.5 Å². The van der Waals surface area contributed by atoms with Gasteiger partial charge in [0.15, 0.2) is 0 Å². The van der Waals surface area contributed by atoms with Crippen molar-refractivity contribution < 1.29 is 33.5 Å². The summed E-state index contributed by atoms with van der Waals surface area (Å²) in [6.45, 7) is 1.95. The van der Waals surface area contributed by atoms with Gasteiger partial charge in [0.25, 0.3) is 17.5 Å². The van der Waals surface area contributed by atoms with E-state index < -0.39 is 34.9 Å². The monoisotopic (exact) mass is 428 g/mol. The molecule has 0 unspecified atom stereocenters. The third-order valence-corrected chi connectivity index (χ3v) is 4.37. The molecule has 10 heteroatoms. The van der Waals surface area contributed by atoms with Crippen LogP contribution in [0.2, 0.25) is 0 Å². The first-order valence-corrected chi connectivity index (χ1v) is 9.57. The van der Waals surface area contributed by atoms with E-state index in [1.807, 2.05) is 6.92 Å². The molecule has 3 rings (SSSR count). The van der Waals surface area contributed by atoms with Gasteiger partial charge in [0.05, 0.1) is 17.1 Å². The number of amides is 2. The van der Waals surface area contributed by atoms with Crippen LogP contribution in [0.1, 0.15) is 34.1 Å². The molecule has 2 aromatic carbocycles. The van der Waals surface area contributed by atoms with Crippen LogP contribution in [-0.4, -0.2) is 54.0 Å². The molecule has 1 aliphatic rings. The number of nitro groups is 1. The number of hydrogen-bond acceptors (Lipinski definition) is 8. The molecule has 0 bridgehead atoms. The van der Waals surface area contributed by atoms with Gasteiger partial charge in [0, 0.05) is 6.07 Å². The highest BCUT2D eigenvalue weighted by Crippen LogP contribution is 2.30. The van der Waals surface area contributed by atoms with Crippen molar-refractivity contribution in [2.24, 2.45) is 0 Å². The third kappa shape index (κ3) is 4.97. The van der Waals surface area contributed by atoms with Gasteiger partial charge in [-0.15, -0.1) is 0 Å². The van der Waals surface area contributed by atoms with Gasteiger partial charge < -0.3 is 14.2 Å². The summed E-state index contributed by atoms with van der Waals surface area (Å²) in [6, 6.07) is 10.7. The Balaban J connectivity index is 1.48. The van der Waals surface area contributed by atoms with Crippen molar-refractivity contribution in [1.29, 1.82) is 0 Å². The third-order valence-electron chi connectivity index (χ3n) is 4.37. The second-order valence-corrected chi connectivity index (χ2v) is 6.54. The first-order valence-electron chi connectivity index (χ1n) is 9.57. The zero-order valence-corrected chi connectivity index (χ0v) is 16.7. The molecule has 0 spiro atoms. The first kappa shape index (κ1) is 21.8. The Kier molecular flexibility index (Phi) is 6.81. The van der Waals surface area contributed by atoms with E-state index in [0.29, 0.717) is 17.3 Å². The van der Waals surface area contributed by atoms with E-state index in [1.165, 1.54) is 12.1 Å². The molecule has 10 nitrogen and oxygen atoms in total. The Morgan fingerprint density at radius 2 is 1.61 bits per heavy atom. The molecule has 162 valence electrons.